The Morgan fingerprint density at radius 1 is 1.29 bits per heavy atom. The Kier molecular flexibility index (Phi) is 6.51. The number of likely N-dealkylation sites (tertiary alicyclic amines) is 1. The summed E-state index contributed by atoms with van der Waals surface area (Å²) in [6.45, 7) is 6.51. The molecular weight excluding hydrogens is 330 g/mol. The van der Waals surface area contributed by atoms with Gasteiger partial charge in [0.1, 0.15) is 0 Å². The molecule has 1 aliphatic rings. The van der Waals surface area contributed by atoms with Gasteiger partial charge in [0.2, 0.25) is 0 Å². The van der Waals surface area contributed by atoms with Crippen LogP contribution in [0.1, 0.15) is 26.2 Å². The number of piperidine rings is 1. The molecule has 1 aromatic rings. The van der Waals surface area contributed by atoms with Crippen molar-refractivity contribution < 1.29 is 4.79 Å². The van der Waals surface area contributed by atoms with Crippen LogP contribution in [0.15, 0.2) is 28.7 Å². The highest BCUT2D eigenvalue weighted by molar-refractivity contribution is 9.10. The molecule has 116 valence electrons. The van der Waals surface area contributed by atoms with Crippen molar-refractivity contribution in [3.05, 3.63) is 28.7 Å². The van der Waals surface area contributed by atoms with Gasteiger partial charge >= 0.3 is 6.03 Å². The first-order valence-corrected chi connectivity index (χ1v) is 8.49. The summed E-state index contributed by atoms with van der Waals surface area (Å²) < 4.78 is 1.01. The maximum atomic E-state index is 11.9. The van der Waals surface area contributed by atoms with Crippen molar-refractivity contribution in [2.75, 3.05) is 31.5 Å². The fourth-order valence-electron chi connectivity index (χ4n) is 2.68. The number of amides is 2. The van der Waals surface area contributed by atoms with Crippen LogP contribution in [0, 0.1) is 5.92 Å². The van der Waals surface area contributed by atoms with Crippen molar-refractivity contribution in [3.63, 3.8) is 0 Å². The number of nitrogens with zero attached hydrogens (tertiary/aromatic N) is 1. The van der Waals surface area contributed by atoms with Crippen molar-refractivity contribution in [1.82, 2.24) is 10.2 Å². The van der Waals surface area contributed by atoms with E-state index in [1.165, 1.54) is 25.8 Å². The Labute approximate surface area is 135 Å². The van der Waals surface area contributed by atoms with E-state index in [9.17, 15) is 4.79 Å². The van der Waals surface area contributed by atoms with Crippen LogP contribution in [-0.4, -0.2) is 37.1 Å². The summed E-state index contributed by atoms with van der Waals surface area (Å²) in [4.78, 5) is 14.4. The standard InChI is InChI=1S/C16H24BrN3O/c1-2-9-20-10-7-13(8-11-20)12-18-16(21)19-15-5-3-14(17)4-6-15/h3-6,13H,2,7-12H2,1H3,(H2,18,19,21). The number of carbonyl (C=O) groups is 1. The van der Waals surface area contributed by atoms with Gasteiger partial charge in [0, 0.05) is 16.7 Å². The van der Waals surface area contributed by atoms with Crippen LogP contribution in [0.2, 0.25) is 0 Å². The SMILES string of the molecule is CCCN1CCC(CNC(=O)Nc2ccc(Br)cc2)CC1. The molecule has 0 aliphatic carbocycles. The lowest BCUT2D eigenvalue weighted by Gasteiger charge is -2.31. The van der Waals surface area contributed by atoms with Crippen molar-refractivity contribution >= 4 is 27.6 Å². The van der Waals surface area contributed by atoms with Crippen LogP contribution in [0.25, 0.3) is 0 Å². The van der Waals surface area contributed by atoms with Crippen LogP contribution >= 0.6 is 15.9 Å². The highest BCUT2D eigenvalue weighted by Gasteiger charge is 2.18. The maximum Gasteiger partial charge on any atom is 0.319 e. The smallest absolute Gasteiger partial charge is 0.319 e. The van der Waals surface area contributed by atoms with E-state index in [1.54, 1.807) is 0 Å². The van der Waals surface area contributed by atoms with Gasteiger partial charge in [0.25, 0.3) is 0 Å². The van der Waals surface area contributed by atoms with Gasteiger partial charge in [-0.05, 0) is 69.1 Å². The predicted molar refractivity (Wildman–Crippen MR) is 90.6 cm³/mol. The molecule has 2 N–H and O–H groups in total. The van der Waals surface area contributed by atoms with Gasteiger partial charge in [-0.25, -0.2) is 4.79 Å². The lowest BCUT2D eigenvalue weighted by atomic mass is 9.97. The van der Waals surface area contributed by atoms with Gasteiger partial charge in [0.05, 0.1) is 0 Å². The Bertz CT molecular complexity index is 441. The first kappa shape index (κ1) is 16.3. The largest absolute Gasteiger partial charge is 0.338 e. The zero-order valence-electron chi connectivity index (χ0n) is 12.6. The van der Waals surface area contributed by atoms with E-state index in [0.717, 1.165) is 29.8 Å². The maximum absolute atomic E-state index is 11.9. The van der Waals surface area contributed by atoms with Crippen molar-refractivity contribution in [2.24, 2.45) is 5.92 Å². The Morgan fingerprint density at radius 3 is 2.57 bits per heavy atom. The van der Waals surface area contributed by atoms with Gasteiger partial charge in [-0.1, -0.05) is 22.9 Å². The minimum absolute atomic E-state index is 0.117. The predicted octanol–water partition coefficient (Wildman–Crippen LogP) is 3.69. The lowest BCUT2D eigenvalue weighted by molar-refractivity contribution is 0.182. The average molecular weight is 354 g/mol. The molecule has 0 unspecified atom stereocenters. The van der Waals surface area contributed by atoms with Crippen molar-refractivity contribution in [2.45, 2.75) is 26.2 Å². The van der Waals surface area contributed by atoms with Crippen LogP contribution in [0.5, 0.6) is 0 Å². The third-order valence-electron chi connectivity index (χ3n) is 3.90. The highest BCUT2D eigenvalue weighted by atomic mass is 79.9. The number of nitrogens with one attached hydrogen (secondary N) is 2. The molecule has 1 heterocycles. The van der Waals surface area contributed by atoms with E-state index >= 15 is 0 Å². The molecule has 0 saturated carbocycles. The van der Waals surface area contributed by atoms with Gasteiger partial charge in [-0.3, -0.25) is 0 Å². The van der Waals surface area contributed by atoms with Crippen LogP contribution in [-0.2, 0) is 0 Å². The summed E-state index contributed by atoms with van der Waals surface area (Å²) >= 11 is 3.38. The molecule has 1 aromatic carbocycles. The number of hydrogen-bond acceptors (Lipinski definition) is 2. The van der Waals surface area contributed by atoms with Gasteiger partial charge in [0.15, 0.2) is 0 Å². The Balaban J connectivity index is 1.66. The molecule has 1 saturated heterocycles. The number of halogens is 1. The van der Waals surface area contributed by atoms with Crippen LogP contribution < -0.4 is 10.6 Å². The second kappa shape index (κ2) is 8.39. The molecule has 2 rings (SSSR count). The Hall–Kier alpha value is -1.07. The number of anilines is 1. The normalized spacial score (nSPS) is 16.7. The van der Waals surface area contributed by atoms with Crippen molar-refractivity contribution in [3.8, 4) is 0 Å². The first-order valence-electron chi connectivity index (χ1n) is 7.70. The molecule has 0 radical (unpaired) electrons. The third-order valence-corrected chi connectivity index (χ3v) is 4.43. The summed E-state index contributed by atoms with van der Waals surface area (Å²) in [6, 6.07) is 7.48. The molecule has 4 nitrogen and oxygen atoms in total. The fourth-order valence-corrected chi connectivity index (χ4v) is 2.94. The number of carbonyl (C=O) groups excluding carboxylic acids is 1. The second-order valence-electron chi connectivity index (χ2n) is 5.63. The van der Waals surface area contributed by atoms with E-state index in [2.05, 4.69) is 38.4 Å². The number of rotatable bonds is 5. The Morgan fingerprint density at radius 2 is 1.95 bits per heavy atom. The van der Waals surface area contributed by atoms with Gasteiger partial charge in [-0.2, -0.15) is 0 Å². The monoisotopic (exact) mass is 353 g/mol. The number of urea groups is 1. The van der Waals surface area contributed by atoms with E-state index in [1.807, 2.05) is 24.3 Å². The molecule has 1 aliphatic heterocycles. The van der Waals surface area contributed by atoms with E-state index < -0.39 is 0 Å². The zero-order chi connectivity index (χ0) is 15.1. The van der Waals surface area contributed by atoms with Crippen LogP contribution in [0.4, 0.5) is 10.5 Å². The quantitative estimate of drug-likeness (QED) is 0.847. The van der Waals surface area contributed by atoms with Gasteiger partial charge < -0.3 is 15.5 Å². The van der Waals surface area contributed by atoms with Crippen LogP contribution in [0.3, 0.4) is 0 Å². The number of hydrogen-bond donors (Lipinski definition) is 2. The molecule has 21 heavy (non-hydrogen) atoms. The topological polar surface area (TPSA) is 44.4 Å². The minimum Gasteiger partial charge on any atom is -0.338 e. The fraction of sp³-hybridized carbons (Fsp3) is 0.562. The summed E-state index contributed by atoms with van der Waals surface area (Å²) in [5.74, 6) is 0.605. The molecule has 0 atom stereocenters. The van der Waals surface area contributed by atoms with E-state index in [-0.39, 0.29) is 6.03 Å². The molecule has 0 bridgehead atoms. The zero-order valence-corrected chi connectivity index (χ0v) is 14.2. The summed E-state index contributed by atoms with van der Waals surface area (Å²) in [5.41, 5.74) is 0.813. The summed E-state index contributed by atoms with van der Waals surface area (Å²) in [5, 5.41) is 5.84. The first-order chi connectivity index (χ1) is 10.2. The van der Waals surface area contributed by atoms with Crippen molar-refractivity contribution in [1.29, 1.82) is 0 Å². The summed E-state index contributed by atoms with van der Waals surface area (Å²) in [7, 11) is 0. The molecule has 2 amide bonds. The van der Waals surface area contributed by atoms with E-state index in [4.69, 9.17) is 0 Å². The highest BCUT2D eigenvalue weighted by Crippen LogP contribution is 2.17. The third kappa shape index (κ3) is 5.67. The molecular formula is C16H24BrN3O. The number of benzene rings is 1. The molecule has 1 fully saturated rings. The molecule has 0 aromatic heterocycles. The average Bonchev–Trinajstić information content (AvgIpc) is 2.49. The second-order valence-corrected chi connectivity index (χ2v) is 6.54. The van der Waals surface area contributed by atoms with E-state index in [0.29, 0.717) is 5.92 Å². The molecule has 5 heteroatoms. The summed E-state index contributed by atoms with van der Waals surface area (Å²) in [6.07, 6.45) is 3.58. The lowest BCUT2D eigenvalue weighted by Crippen LogP contribution is -2.39. The minimum atomic E-state index is -0.117. The molecule has 0 spiro atoms. The van der Waals surface area contributed by atoms with Gasteiger partial charge in [-0.15, -0.1) is 0 Å².